The minimum atomic E-state index is -1.10. The fourth-order valence-electron chi connectivity index (χ4n) is 4.00. The van der Waals surface area contributed by atoms with Crippen LogP contribution in [0.2, 0.25) is 0 Å². The number of carbonyl (C=O) groups excluding carboxylic acids is 2. The number of amides is 2. The number of hydrogen-bond acceptors (Lipinski definition) is 4. The van der Waals surface area contributed by atoms with E-state index >= 15 is 0 Å². The van der Waals surface area contributed by atoms with Crippen LogP contribution in [0, 0.1) is 11.8 Å². The summed E-state index contributed by atoms with van der Waals surface area (Å²) in [5.41, 5.74) is 0.415. The molecular weight excluding hydrogens is 456 g/mol. The molecule has 0 unspecified atom stereocenters. The van der Waals surface area contributed by atoms with E-state index in [0.29, 0.717) is 17.9 Å². The van der Waals surface area contributed by atoms with Crippen molar-refractivity contribution in [2.75, 3.05) is 6.61 Å². The minimum absolute atomic E-state index is 0.209. The predicted molar refractivity (Wildman–Crippen MR) is 144 cm³/mol. The second kappa shape index (κ2) is 17.8. The van der Waals surface area contributed by atoms with Gasteiger partial charge in [0.25, 0.3) is 5.91 Å². The van der Waals surface area contributed by atoms with Gasteiger partial charge in [0.2, 0.25) is 5.91 Å². The molecule has 0 heterocycles. The first kappa shape index (κ1) is 31.5. The smallest absolute Gasteiger partial charge is 0.326 e. The van der Waals surface area contributed by atoms with Crippen LogP contribution >= 0.6 is 0 Å². The SMILES string of the molecule is CCCCCCCCCCCCOc1ccc(C(=O)N[C@H](C(=O)N[C@H](C(=O)O)C(C)C)C(C)C)cc1. The third-order valence-corrected chi connectivity index (χ3v) is 6.35. The highest BCUT2D eigenvalue weighted by Gasteiger charge is 2.30. The molecule has 0 aromatic heterocycles. The molecule has 0 saturated carbocycles. The Bertz CT molecular complexity index is 776. The second-order valence-electron chi connectivity index (χ2n) is 10.3. The Morgan fingerprint density at radius 1 is 0.750 bits per heavy atom. The zero-order valence-electron chi connectivity index (χ0n) is 23.0. The van der Waals surface area contributed by atoms with Crippen LogP contribution in [0.4, 0.5) is 0 Å². The van der Waals surface area contributed by atoms with Gasteiger partial charge in [-0.1, -0.05) is 92.4 Å². The van der Waals surface area contributed by atoms with Gasteiger partial charge in [-0.15, -0.1) is 0 Å². The van der Waals surface area contributed by atoms with E-state index in [1.807, 2.05) is 0 Å². The Labute approximate surface area is 217 Å². The Hall–Kier alpha value is -2.57. The summed E-state index contributed by atoms with van der Waals surface area (Å²) in [6, 6.07) is 5.01. The molecule has 7 nitrogen and oxygen atoms in total. The predicted octanol–water partition coefficient (Wildman–Crippen LogP) is 5.97. The molecule has 7 heteroatoms. The van der Waals surface area contributed by atoms with E-state index < -0.39 is 24.0 Å². The molecule has 0 aliphatic carbocycles. The van der Waals surface area contributed by atoms with Crippen LogP contribution in [0.3, 0.4) is 0 Å². The van der Waals surface area contributed by atoms with Crippen molar-refractivity contribution in [1.29, 1.82) is 0 Å². The van der Waals surface area contributed by atoms with Crippen LogP contribution in [0.5, 0.6) is 5.75 Å². The molecule has 0 spiro atoms. The maximum atomic E-state index is 12.7. The van der Waals surface area contributed by atoms with E-state index in [9.17, 15) is 19.5 Å². The monoisotopic (exact) mass is 504 g/mol. The van der Waals surface area contributed by atoms with E-state index in [-0.39, 0.29) is 17.7 Å². The van der Waals surface area contributed by atoms with Crippen LogP contribution in [-0.2, 0) is 9.59 Å². The lowest BCUT2D eigenvalue weighted by atomic mass is 10.00. The van der Waals surface area contributed by atoms with Crippen LogP contribution < -0.4 is 15.4 Å². The van der Waals surface area contributed by atoms with Gasteiger partial charge >= 0.3 is 5.97 Å². The van der Waals surface area contributed by atoms with Gasteiger partial charge in [0.1, 0.15) is 17.8 Å². The van der Waals surface area contributed by atoms with Crippen LogP contribution in [0.1, 0.15) is 109 Å². The molecule has 3 N–H and O–H groups in total. The number of carboxylic acid groups (broad SMARTS) is 1. The highest BCUT2D eigenvalue weighted by atomic mass is 16.5. The number of carbonyl (C=O) groups is 3. The van der Waals surface area contributed by atoms with Crippen molar-refractivity contribution in [2.24, 2.45) is 11.8 Å². The van der Waals surface area contributed by atoms with Crippen molar-refractivity contribution in [2.45, 2.75) is 111 Å². The summed E-state index contributed by atoms with van der Waals surface area (Å²) in [6.45, 7) is 9.95. The van der Waals surface area contributed by atoms with Crippen molar-refractivity contribution < 1.29 is 24.2 Å². The quantitative estimate of drug-likeness (QED) is 0.201. The number of carboxylic acids is 1. The van der Waals surface area contributed by atoms with Gasteiger partial charge in [-0.2, -0.15) is 0 Å². The summed E-state index contributed by atoms with van der Waals surface area (Å²) in [5, 5.41) is 14.6. The van der Waals surface area contributed by atoms with Crippen LogP contribution in [0.25, 0.3) is 0 Å². The molecule has 0 radical (unpaired) electrons. The Morgan fingerprint density at radius 3 is 1.72 bits per heavy atom. The Balaban J connectivity index is 2.42. The molecule has 2 amide bonds. The van der Waals surface area contributed by atoms with Gasteiger partial charge in [0.15, 0.2) is 0 Å². The molecule has 1 rings (SSSR count). The molecule has 2 atom stereocenters. The zero-order chi connectivity index (χ0) is 26.9. The molecule has 0 fully saturated rings. The summed E-state index contributed by atoms with van der Waals surface area (Å²) >= 11 is 0. The highest BCUT2D eigenvalue weighted by molar-refractivity contribution is 5.98. The Kier molecular flexibility index (Phi) is 15.6. The fraction of sp³-hybridized carbons (Fsp3) is 0.690. The van der Waals surface area contributed by atoms with Gasteiger partial charge in [-0.05, 0) is 42.5 Å². The topological polar surface area (TPSA) is 105 Å². The molecule has 0 bridgehead atoms. The maximum absolute atomic E-state index is 12.7. The average Bonchev–Trinajstić information content (AvgIpc) is 2.83. The molecule has 1 aromatic rings. The summed E-state index contributed by atoms with van der Waals surface area (Å²) in [7, 11) is 0. The third-order valence-electron chi connectivity index (χ3n) is 6.35. The largest absolute Gasteiger partial charge is 0.494 e. The lowest BCUT2D eigenvalue weighted by molar-refractivity contribution is -0.143. The molecule has 0 aliphatic rings. The number of nitrogens with one attached hydrogen (secondary N) is 2. The van der Waals surface area contributed by atoms with Crippen molar-refractivity contribution in [1.82, 2.24) is 10.6 Å². The van der Waals surface area contributed by atoms with E-state index in [1.54, 1.807) is 52.0 Å². The number of aliphatic carboxylic acids is 1. The van der Waals surface area contributed by atoms with Crippen molar-refractivity contribution in [3.8, 4) is 5.75 Å². The first-order valence-corrected chi connectivity index (χ1v) is 13.7. The Morgan fingerprint density at radius 2 is 1.25 bits per heavy atom. The summed E-state index contributed by atoms with van der Waals surface area (Å²) in [4.78, 5) is 36.9. The van der Waals surface area contributed by atoms with Gasteiger partial charge in [0, 0.05) is 5.56 Å². The van der Waals surface area contributed by atoms with Crippen LogP contribution in [-0.4, -0.2) is 41.6 Å². The highest BCUT2D eigenvalue weighted by Crippen LogP contribution is 2.15. The second-order valence-corrected chi connectivity index (χ2v) is 10.3. The van der Waals surface area contributed by atoms with Gasteiger partial charge < -0.3 is 20.5 Å². The van der Waals surface area contributed by atoms with Gasteiger partial charge in [-0.3, -0.25) is 9.59 Å². The molecule has 0 saturated heterocycles. The van der Waals surface area contributed by atoms with Crippen molar-refractivity contribution in [3.05, 3.63) is 29.8 Å². The molecule has 36 heavy (non-hydrogen) atoms. The molecule has 204 valence electrons. The number of ether oxygens (including phenoxy) is 1. The number of hydrogen-bond donors (Lipinski definition) is 3. The van der Waals surface area contributed by atoms with Gasteiger partial charge in [-0.25, -0.2) is 4.79 Å². The molecular formula is C29H48N2O5. The number of benzene rings is 1. The lowest BCUT2D eigenvalue weighted by Gasteiger charge is -2.25. The standard InChI is InChI=1S/C29H48N2O5/c1-6-7-8-9-10-11-12-13-14-15-20-36-24-18-16-23(17-19-24)27(32)30-25(21(2)3)28(33)31-26(22(4)5)29(34)35/h16-19,21-22,25-26H,6-15,20H2,1-5H3,(H,30,32)(H,31,33)(H,34,35)/t25-,26-/m0/s1. The zero-order valence-corrected chi connectivity index (χ0v) is 23.0. The number of unbranched alkanes of at least 4 members (excludes halogenated alkanes) is 9. The fourth-order valence-corrected chi connectivity index (χ4v) is 4.00. The third kappa shape index (κ3) is 12.4. The van der Waals surface area contributed by atoms with E-state index in [0.717, 1.165) is 12.8 Å². The summed E-state index contributed by atoms with van der Waals surface area (Å²) < 4.78 is 5.81. The maximum Gasteiger partial charge on any atom is 0.326 e. The summed E-state index contributed by atoms with van der Waals surface area (Å²) in [5.74, 6) is -1.76. The molecule has 0 aliphatic heterocycles. The van der Waals surface area contributed by atoms with Crippen molar-refractivity contribution in [3.63, 3.8) is 0 Å². The van der Waals surface area contributed by atoms with Crippen LogP contribution in [0.15, 0.2) is 24.3 Å². The lowest BCUT2D eigenvalue weighted by Crippen LogP contribution is -2.54. The summed E-state index contributed by atoms with van der Waals surface area (Å²) in [6.07, 6.45) is 12.7. The van der Waals surface area contributed by atoms with E-state index in [2.05, 4.69) is 17.6 Å². The van der Waals surface area contributed by atoms with E-state index in [4.69, 9.17) is 4.74 Å². The first-order chi connectivity index (χ1) is 17.2. The van der Waals surface area contributed by atoms with E-state index in [1.165, 1.54) is 51.4 Å². The normalized spacial score (nSPS) is 12.9. The van der Waals surface area contributed by atoms with Crippen molar-refractivity contribution >= 4 is 17.8 Å². The molecule has 1 aromatic carbocycles. The minimum Gasteiger partial charge on any atom is -0.494 e. The first-order valence-electron chi connectivity index (χ1n) is 13.7. The average molecular weight is 505 g/mol. The van der Waals surface area contributed by atoms with Gasteiger partial charge in [0.05, 0.1) is 6.61 Å². The number of rotatable bonds is 19.